The summed E-state index contributed by atoms with van der Waals surface area (Å²) in [5.41, 5.74) is 3.55. The molecule has 0 spiro atoms. The van der Waals surface area contributed by atoms with E-state index in [1.165, 1.54) is 12.1 Å². The molecule has 3 aromatic carbocycles. The lowest BCUT2D eigenvalue weighted by Gasteiger charge is -2.29. The van der Waals surface area contributed by atoms with Crippen LogP contribution in [0.5, 0.6) is 0 Å². The van der Waals surface area contributed by atoms with Crippen molar-refractivity contribution in [3.05, 3.63) is 112 Å². The van der Waals surface area contributed by atoms with E-state index in [-0.39, 0.29) is 29.2 Å². The molecule has 6 rings (SSSR count). The van der Waals surface area contributed by atoms with Crippen LogP contribution in [0, 0.1) is 11.7 Å². The maximum Gasteiger partial charge on any atom is 0.241 e. The van der Waals surface area contributed by atoms with E-state index in [9.17, 15) is 17.6 Å². The molecule has 1 saturated carbocycles. The molecule has 1 amide bonds. The monoisotopic (exact) mass is 592 g/mol. The number of halogens is 2. The zero-order valence-electron chi connectivity index (χ0n) is 22.5. The SMILES string of the molecule is Cn1ccnc1CN(C(=O)C1CC1c1ccccc1Cl)c1ccc2c(c1)C(NS(=O)(=O)c1ccc(F)cc1)CCC2. The Hall–Kier alpha value is -3.53. The number of anilines is 1. The third-order valence-electron chi connectivity index (χ3n) is 8.08. The Kier molecular flexibility index (Phi) is 7.44. The van der Waals surface area contributed by atoms with E-state index in [1.807, 2.05) is 60.3 Å². The van der Waals surface area contributed by atoms with Gasteiger partial charge >= 0.3 is 0 Å². The average molecular weight is 593 g/mol. The van der Waals surface area contributed by atoms with Crippen LogP contribution >= 0.6 is 11.6 Å². The fourth-order valence-corrected chi connectivity index (χ4v) is 7.25. The smallest absolute Gasteiger partial charge is 0.241 e. The number of hydrogen-bond acceptors (Lipinski definition) is 4. The highest BCUT2D eigenvalue weighted by atomic mass is 35.5. The van der Waals surface area contributed by atoms with Crippen LogP contribution in [-0.4, -0.2) is 23.9 Å². The number of rotatable bonds is 8. The number of carbonyl (C=O) groups is 1. The molecule has 0 aliphatic heterocycles. The summed E-state index contributed by atoms with van der Waals surface area (Å²) in [6.45, 7) is 0.277. The molecule has 2 aliphatic carbocycles. The van der Waals surface area contributed by atoms with E-state index in [0.29, 0.717) is 23.6 Å². The van der Waals surface area contributed by atoms with Gasteiger partial charge in [0.15, 0.2) is 0 Å². The van der Waals surface area contributed by atoms with E-state index in [0.717, 1.165) is 47.5 Å². The van der Waals surface area contributed by atoms with Crippen LogP contribution in [0.25, 0.3) is 0 Å². The van der Waals surface area contributed by atoms with Crippen molar-refractivity contribution in [1.82, 2.24) is 14.3 Å². The number of amides is 1. The minimum Gasteiger partial charge on any atom is -0.337 e. The normalized spacial score (nSPS) is 19.9. The van der Waals surface area contributed by atoms with Gasteiger partial charge in [0.2, 0.25) is 15.9 Å². The van der Waals surface area contributed by atoms with Gasteiger partial charge in [-0.1, -0.05) is 35.9 Å². The molecule has 0 radical (unpaired) electrons. The van der Waals surface area contributed by atoms with E-state index in [1.54, 1.807) is 11.1 Å². The van der Waals surface area contributed by atoms with Gasteiger partial charge in [-0.25, -0.2) is 22.5 Å². The van der Waals surface area contributed by atoms with Gasteiger partial charge in [-0.15, -0.1) is 0 Å². The highest BCUT2D eigenvalue weighted by molar-refractivity contribution is 7.89. The van der Waals surface area contributed by atoms with Gasteiger partial charge in [0.05, 0.1) is 11.4 Å². The Balaban J connectivity index is 1.32. The first kappa shape index (κ1) is 27.6. The average Bonchev–Trinajstić information content (AvgIpc) is 3.65. The van der Waals surface area contributed by atoms with Gasteiger partial charge in [-0.3, -0.25) is 4.79 Å². The van der Waals surface area contributed by atoms with Gasteiger partial charge in [-0.05, 0) is 90.8 Å². The molecule has 4 aromatic rings. The van der Waals surface area contributed by atoms with Crippen LogP contribution in [0.1, 0.15) is 53.7 Å². The third kappa shape index (κ3) is 5.66. The van der Waals surface area contributed by atoms with Crippen molar-refractivity contribution in [2.75, 3.05) is 4.90 Å². The Morgan fingerprint density at radius 2 is 1.90 bits per heavy atom. The van der Waals surface area contributed by atoms with Crippen molar-refractivity contribution in [3.8, 4) is 0 Å². The number of nitrogens with zero attached hydrogens (tertiary/aromatic N) is 3. The Labute approximate surface area is 244 Å². The first-order chi connectivity index (χ1) is 19.7. The quantitative estimate of drug-likeness (QED) is 0.276. The first-order valence-corrected chi connectivity index (χ1v) is 15.5. The fourth-order valence-electron chi connectivity index (χ4n) is 5.72. The molecule has 2 aliphatic rings. The number of fused-ring (bicyclic) bond motifs is 1. The fraction of sp³-hybridized carbons (Fsp3) is 0.290. The van der Waals surface area contributed by atoms with Gasteiger partial charge in [-0.2, -0.15) is 0 Å². The molecule has 0 saturated heterocycles. The first-order valence-electron chi connectivity index (χ1n) is 13.6. The molecule has 1 fully saturated rings. The topological polar surface area (TPSA) is 84.3 Å². The largest absolute Gasteiger partial charge is 0.337 e. The second-order valence-electron chi connectivity index (χ2n) is 10.8. The lowest BCUT2D eigenvalue weighted by atomic mass is 9.87. The van der Waals surface area contributed by atoms with Crippen molar-refractivity contribution >= 4 is 33.2 Å². The van der Waals surface area contributed by atoms with Gasteiger partial charge in [0, 0.05) is 42.1 Å². The Morgan fingerprint density at radius 3 is 2.63 bits per heavy atom. The molecule has 0 bridgehead atoms. The molecule has 212 valence electrons. The third-order valence-corrected chi connectivity index (χ3v) is 9.91. The second kappa shape index (κ2) is 11.0. The summed E-state index contributed by atoms with van der Waals surface area (Å²) >= 11 is 6.45. The number of nitrogens with one attached hydrogen (secondary N) is 1. The molecule has 1 N–H and O–H groups in total. The minimum atomic E-state index is -3.88. The number of benzene rings is 3. The number of aromatic nitrogens is 2. The summed E-state index contributed by atoms with van der Waals surface area (Å²) < 4.78 is 44.5. The predicted molar refractivity (Wildman–Crippen MR) is 156 cm³/mol. The van der Waals surface area contributed by atoms with Crippen LogP contribution in [0.2, 0.25) is 5.02 Å². The summed E-state index contributed by atoms with van der Waals surface area (Å²) in [4.78, 5) is 20.2. The lowest BCUT2D eigenvalue weighted by Crippen LogP contribution is -2.34. The Bertz CT molecular complexity index is 1710. The molecule has 7 nitrogen and oxygen atoms in total. The van der Waals surface area contributed by atoms with Crippen molar-refractivity contribution in [2.45, 2.75) is 49.1 Å². The number of carbonyl (C=O) groups excluding carboxylic acids is 1. The molecular formula is C31H30ClFN4O3S. The molecule has 1 heterocycles. The molecule has 1 aromatic heterocycles. The van der Waals surface area contributed by atoms with E-state index >= 15 is 0 Å². The zero-order chi connectivity index (χ0) is 28.7. The van der Waals surface area contributed by atoms with Crippen molar-refractivity contribution in [1.29, 1.82) is 0 Å². The molecule has 10 heteroatoms. The maximum absolute atomic E-state index is 14.0. The Morgan fingerprint density at radius 1 is 1.12 bits per heavy atom. The predicted octanol–water partition coefficient (Wildman–Crippen LogP) is 5.91. The number of imidazole rings is 1. The summed E-state index contributed by atoms with van der Waals surface area (Å²) in [5, 5.41) is 0.661. The van der Waals surface area contributed by atoms with Crippen LogP contribution < -0.4 is 9.62 Å². The molecular weight excluding hydrogens is 563 g/mol. The van der Waals surface area contributed by atoms with Gasteiger partial charge < -0.3 is 9.47 Å². The summed E-state index contributed by atoms with van der Waals surface area (Å²) in [6.07, 6.45) is 6.50. The summed E-state index contributed by atoms with van der Waals surface area (Å²) in [7, 11) is -1.99. The highest BCUT2D eigenvalue weighted by Gasteiger charge is 2.47. The van der Waals surface area contributed by atoms with Crippen LogP contribution in [0.15, 0.2) is 84.0 Å². The molecule has 3 atom stereocenters. The zero-order valence-corrected chi connectivity index (χ0v) is 24.1. The lowest BCUT2D eigenvalue weighted by molar-refractivity contribution is -0.120. The maximum atomic E-state index is 14.0. The van der Waals surface area contributed by atoms with Gasteiger partial charge in [0.25, 0.3) is 0 Å². The summed E-state index contributed by atoms with van der Waals surface area (Å²) in [5.74, 6) is 0.0603. The standard InChI is InChI=1S/C31H30ClFN4O3S/c1-36-16-15-34-30(36)19-37(31(38)27-18-26(27)24-6-2-3-7-28(24)32)22-12-9-20-5-4-8-29(25(20)17-22)35-41(39,40)23-13-10-21(33)11-14-23/h2-3,6-7,9-17,26-27,29,35H,4-5,8,18-19H2,1H3. The van der Waals surface area contributed by atoms with Crippen LogP contribution in [0.3, 0.4) is 0 Å². The van der Waals surface area contributed by atoms with Crippen LogP contribution in [0.4, 0.5) is 10.1 Å². The molecule has 41 heavy (non-hydrogen) atoms. The number of aryl methyl sites for hydroxylation is 2. The van der Waals surface area contributed by atoms with Crippen molar-refractivity contribution < 1.29 is 17.6 Å². The molecule has 3 unspecified atom stereocenters. The van der Waals surface area contributed by atoms with E-state index in [4.69, 9.17) is 11.6 Å². The number of sulfonamides is 1. The van der Waals surface area contributed by atoms with E-state index in [2.05, 4.69) is 9.71 Å². The highest BCUT2D eigenvalue weighted by Crippen LogP contribution is 2.51. The van der Waals surface area contributed by atoms with E-state index < -0.39 is 21.9 Å². The summed E-state index contributed by atoms with van der Waals surface area (Å²) in [6, 6.07) is 17.8. The number of hydrogen-bond donors (Lipinski definition) is 1. The minimum absolute atomic E-state index is 0.00751. The van der Waals surface area contributed by atoms with Crippen molar-refractivity contribution in [3.63, 3.8) is 0 Å². The second-order valence-corrected chi connectivity index (χ2v) is 12.9. The van der Waals surface area contributed by atoms with Gasteiger partial charge in [0.1, 0.15) is 11.6 Å². The van der Waals surface area contributed by atoms with Crippen LogP contribution in [-0.2, 0) is 34.8 Å². The van der Waals surface area contributed by atoms with Crippen molar-refractivity contribution in [2.24, 2.45) is 13.0 Å².